The number of aliphatic hydroxyl groups is 1. The Balaban J connectivity index is 2.24. The van der Waals surface area contributed by atoms with Crippen LogP contribution in [0.5, 0.6) is 0 Å². The van der Waals surface area contributed by atoms with Crippen LogP contribution in [0, 0.1) is 0 Å². The number of ether oxygens (including phenoxy) is 1. The highest BCUT2D eigenvalue weighted by molar-refractivity contribution is 5.90. The lowest BCUT2D eigenvalue weighted by Crippen LogP contribution is -2.47. The summed E-state index contributed by atoms with van der Waals surface area (Å²) in [6.45, 7) is 0. The molecular formula is C10H13F3O3. The fraction of sp³-hybridized carbons (Fsp3) is 0.900. The van der Waals surface area contributed by atoms with Crippen LogP contribution in [0.3, 0.4) is 0 Å². The molecule has 1 saturated heterocycles. The first-order valence-electron chi connectivity index (χ1n) is 5.32. The van der Waals surface area contributed by atoms with Crippen molar-refractivity contribution >= 4 is 5.78 Å². The fourth-order valence-corrected chi connectivity index (χ4v) is 2.46. The smallest absolute Gasteiger partial charge is 0.358 e. The summed E-state index contributed by atoms with van der Waals surface area (Å²) >= 11 is 0. The summed E-state index contributed by atoms with van der Waals surface area (Å²) in [7, 11) is 0. The average Bonchev–Trinajstić information content (AvgIpc) is 2.40. The zero-order chi connectivity index (χ0) is 12.0. The quantitative estimate of drug-likeness (QED) is 0.701. The maximum Gasteiger partial charge on any atom is 0.443 e. The van der Waals surface area contributed by atoms with Gasteiger partial charge in [0.05, 0.1) is 6.42 Å². The van der Waals surface area contributed by atoms with E-state index < -0.39 is 29.8 Å². The van der Waals surface area contributed by atoms with E-state index in [-0.39, 0.29) is 12.8 Å². The van der Waals surface area contributed by atoms with Crippen LogP contribution in [-0.2, 0) is 9.53 Å². The molecule has 1 saturated carbocycles. The van der Waals surface area contributed by atoms with Crippen molar-refractivity contribution in [3.8, 4) is 0 Å². The fourth-order valence-electron chi connectivity index (χ4n) is 2.46. The van der Waals surface area contributed by atoms with Crippen molar-refractivity contribution < 1.29 is 27.8 Å². The second-order valence-corrected chi connectivity index (χ2v) is 4.54. The van der Waals surface area contributed by atoms with Gasteiger partial charge in [0.1, 0.15) is 5.60 Å². The van der Waals surface area contributed by atoms with Gasteiger partial charge in [0.2, 0.25) is 0 Å². The van der Waals surface area contributed by atoms with Crippen molar-refractivity contribution in [3.05, 3.63) is 0 Å². The molecule has 0 aromatic rings. The maximum absolute atomic E-state index is 12.5. The van der Waals surface area contributed by atoms with Gasteiger partial charge in [-0.2, -0.15) is 13.2 Å². The van der Waals surface area contributed by atoms with E-state index in [2.05, 4.69) is 0 Å². The molecule has 0 aromatic carbocycles. The molecule has 2 aliphatic rings. The number of ketones is 1. The Hall–Kier alpha value is -0.620. The third-order valence-electron chi connectivity index (χ3n) is 3.38. The molecule has 92 valence electrons. The van der Waals surface area contributed by atoms with Crippen LogP contribution >= 0.6 is 0 Å². The Bertz CT molecular complexity index is 307. The molecule has 2 rings (SSSR count). The Morgan fingerprint density at radius 2 is 1.75 bits per heavy atom. The number of hydrogen-bond acceptors (Lipinski definition) is 3. The maximum atomic E-state index is 12.5. The molecule has 0 amide bonds. The number of Topliss-reactive ketones (excluding diaryl/α,β-unsaturated/α-hetero) is 1. The van der Waals surface area contributed by atoms with E-state index in [0.717, 1.165) is 6.42 Å². The van der Waals surface area contributed by atoms with Gasteiger partial charge in [0, 0.05) is 0 Å². The second-order valence-electron chi connectivity index (χ2n) is 4.54. The van der Waals surface area contributed by atoms with Crippen LogP contribution in [0.15, 0.2) is 0 Å². The van der Waals surface area contributed by atoms with Gasteiger partial charge in [-0.3, -0.25) is 4.79 Å². The molecule has 1 spiro atoms. The van der Waals surface area contributed by atoms with Crippen molar-refractivity contribution in [1.29, 1.82) is 0 Å². The monoisotopic (exact) mass is 238 g/mol. The highest BCUT2D eigenvalue weighted by Gasteiger charge is 2.66. The molecule has 1 heterocycles. The summed E-state index contributed by atoms with van der Waals surface area (Å²) in [6.07, 6.45) is -3.10. The van der Waals surface area contributed by atoms with Crippen LogP contribution in [0.2, 0.25) is 0 Å². The summed E-state index contributed by atoms with van der Waals surface area (Å²) in [5.41, 5.74) is -1.39. The average molecular weight is 238 g/mol. The first kappa shape index (κ1) is 11.9. The van der Waals surface area contributed by atoms with E-state index in [9.17, 15) is 23.1 Å². The highest BCUT2D eigenvalue weighted by atomic mass is 19.4. The summed E-state index contributed by atoms with van der Waals surface area (Å²) in [4.78, 5) is 11.6. The van der Waals surface area contributed by atoms with Crippen LogP contribution in [0.4, 0.5) is 13.2 Å². The Kier molecular flexibility index (Phi) is 2.54. The number of alkyl halides is 3. The molecule has 0 unspecified atom stereocenters. The third-order valence-corrected chi connectivity index (χ3v) is 3.38. The standard InChI is InChI=1S/C10H13F3O3/c11-10(12,13)9(15)6-7(14)8(16-9)4-2-1-3-5-8/h15H,1-6H2/t9-/m0/s1. The van der Waals surface area contributed by atoms with Gasteiger partial charge in [-0.1, -0.05) is 19.3 Å². The minimum Gasteiger partial charge on any atom is -0.358 e. The van der Waals surface area contributed by atoms with E-state index in [1.807, 2.05) is 0 Å². The van der Waals surface area contributed by atoms with E-state index in [0.29, 0.717) is 12.8 Å². The predicted molar refractivity (Wildman–Crippen MR) is 47.5 cm³/mol. The molecule has 1 aliphatic heterocycles. The first-order chi connectivity index (χ1) is 7.29. The summed E-state index contributed by atoms with van der Waals surface area (Å²) in [5.74, 6) is -3.89. The van der Waals surface area contributed by atoms with E-state index in [4.69, 9.17) is 4.74 Å². The lowest BCUT2D eigenvalue weighted by Gasteiger charge is -2.34. The Morgan fingerprint density at radius 3 is 2.19 bits per heavy atom. The van der Waals surface area contributed by atoms with Gasteiger partial charge in [-0.05, 0) is 12.8 Å². The molecule has 0 bridgehead atoms. The predicted octanol–water partition coefficient (Wildman–Crippen LogP) is 1.93. The molecule has 1 atom stereocenters. The minimum absolute atomic E-state index is 0.282. The van der Waals surface area contributed by atoms with Gasteiger partial charge < -0.3 is 9.84 Å². The largest absolute Gasteiger partial charge is 0.443 e. The zero-order valence-corrected chi connectivity index (χ0v) is 8.64. The van der Waals surface area contributed by atoms with Crippen molar-refractivity contribution in [2.45, 2.75) is 56.1 Å². The van der Waals surface area contributed by atoms with Gasteiger partial charge in [0.25, 0.3) is 5.79 Å². The van der Waals surface area contributed by atoms with Gasteiger partial charge in [0.15, 0.2) is 5.78 Å². The Morgan fingerprint density at radius 1 is 1.19 bits per heavy atom. The van der Waals surface area contributed by atoms with E-state index in [1.54, 1.807) is 0 Å². The van der Waals surface area contributed by atoms with E-state index in [1.165, 1.54) is 0 Å². The van der Waals surface area contributed by atoms with Gasteiger partial charge in [-0.25, -0.2) is 0 Å². The first-order valence-corrected chi connectivity index (χ1v) is 5.32. The molecule has 6 heteroatoms. The van der Waals surface area contributed by atoms with Crippen molar-refractivity contribution in [3.63, 3.8) is 0 Å². The molecule has 1 N–H and O–H groups in total. The second kappa shape index (κ2) is 3.43. The van der Waals surface area contributed by atoms with Crippen molar-refractivity contribution in [2.24, 2.45) is 0 Å². The molecular weight excluding hydrogens is 225 g/mol. The number of carbonyl (C=O) groups excluding carboxylic acids is 1. The minimum atomic E-state index is -4.91. The molecule has 1 aliphatic carbocycles. The van der Waals surface area contributed by atoms with Gasteiger partial charge in [-0.15, -0.1) is 0 Å². The third kappa shape index (κ3) is 1.64. The van der Waals surface area contributed by atoms with Crippen LogP contribution in [0.25, 0.3) is 0 Å². The number of carbonyl (C=O) groups is 1. The molecule has 3 nitrogen and oxygen atoms in total. The van der Waals surface area contributed by atoms with Crippen LogP contribution < -0.4 is 0 Å². The number of hydrogen-bond donors (Lipinski definition) is 1. The Labute approximate surface area is 90.6 Å². The number of halogens is 3. The van der Waals surface area contributed by atoms with Crippen LogP contribution in [0.1, 0.15) is 38.5 Å². The van der Waals surface area contributed by atoms with Crippen LogP contribution in [-0.4, -0.2) is 28.5 Å². The molecule has 16 heavy (non-hydrogen) atoms. The SMILES string of the molecule is O=C1C[C@@](O)(C(F)(F)F)OC12CCCCC2. The summed E-state index contributed by atoms with van der Waals surface area (Å²) < 4.78 is 42.3. The normalized spacial score (nSPS) is 34.6. The summed E-state index contributed by atoms with van der Waals surface area (Å²) in [5, 5.41) is 9.35. The lowest BCUT2D eigenvalue weighted by atomic mass is 9.82. The number of rotatable bonds is 0. The summed E-state index contributed by atoms with van der Waals surface area (Å²) in [6, 6.07) is 0. The lowest BCUT2D eigenvalue weighted by molar-refractivity contribution is -0.370. The molecule has 0 aromatic heterocycles. The van der Waals surface area contributed by atoms with Gasteiger partial charge >= 0.3 is 6.18 Å². The van der Waals surface area contributed by atoms with E-state index >= 15 is 0 Å². The topological polar surface area (TPSA) is 46.5 Å². The molecule has 2 fully saturated rings. The van der Waals surface area contributed by atoms with Crippen molar-refractivity contribution in [1.82, 2.24) is 0 Å². The highest BCUT2D eigenvalue weighted by Crippen LogP contribution is 2.48. The van der Waals surface area contributed by atoms with Crippen molar-refractivity contribution in [2.75, 3.05) is 0 Å². The molecule has 0 radical (unpaired) electrons. The zero-order valence-electron chi connectivity index (χ0n) is 8.64.